The van der Waals surface area contributed by atoms with E-state index in [1.807, 2.05) is 27.7 Å². The Kier molecular flexibility index (Phi) is 49.5. The summed E-state index contributed by atoms with van der Waals surface area (Å²) >= 11 is 0. The van der Waals surface area contributed by atoms with E-state index in [2.05, 4.69) is 36.7 Å². The first kappa shape index (κ1) is 58.4. The largest absolute Gasteiger partial charge is 0.483 e. The summed E-state index contributed by atoms with van der Waals surface area (Å²) in [5.41, 5.74) is 0. The lowest BCUT2D eigenvalue weighted by Gasteiger charge is -2.17. The van der Waals surface area contributed by atoms with Crippen LogP contribution in [0, 0.1) is 0 Å². The molecule has 0 spiro atoms. The molecule has 0 aromatic heterocycles. The van der Waals surface area contributed by atoms with Crippen LogP contribution in [0.1, 0.15) is 48.5 Å². The fourth-order valence-corrected chi connectivity index (χ4v) is 2.54. The highest BCUT2D eigenvalue weighted by molar-refractivity contribution is 5.81. The smallest absolute Gasteiger partial charge is 0.290 e. The van der Waals surface area contributed by atoms with Crippen molar-refractivity contribution in [3.8, 4) is 0 Å². The standard InChI is InChI=1S/2C7H14N2O2.2C6H12N2O2.C5H13N.CH2O2/c2*1-4-9(3)7(11)5-8(2)6-10;2*1-3-7-6(10)4-8(2)5-9;1-4-6-5(2)3;2-1-3/h2*6H,4-5H2,1-3H3;2*5H,3-4H2,1-2H3,(H,7,10);5-6H,4H2,1-3H3;1H,(H,2,3). The van der Waals surface area contributed by atoms with Crippen molar-refractivity contribution in [2.75, 3.05) is 101 Å². The Hall–Kier alpha value is -4.81. The van der Waals surface area contributed by atoms with Gasteiger partial charge in [-0.05, 0) is 34.2 Å². The van der Waals surface area contributed by atoms with Crippen molar-refractivity contribution in [1.29, 1.82) is 0 Å². The Morgan fingerprint density at radius 3 is 0.941 bits per heavy atom. The van der Waals surface area contributed by atoms with E-state index in [1.54, 1.807) is 52.1 Å². The average Bonchev–Trinajstić information content (AvgIpc) is 3.08. The van der Waals surface area contributed by atoms with E-state index < -0.39 is 0 Å². The van der Waals surface area contributed by atoms with Crippen LogP contribution in [0.15, 0.2) is 0 Å². The first-order valence-corrected chi connectivity index (χ1v) is 16.3. The predicted octanol–water partition coefficient (Wildman–Crippen LogP) is -1.77. The predicted molar refractivity (Wildman–Crippen MR) is 196 cm³/mol. The van der Waals surface area contributed by atoms with Crippen LogP contribution in [-0.4, -0.2) is 197 Å². The summed E-state index contributed by atoms with van der Waals surface area (Å²) in [4.78, 5) is 100. The van der Waals surface area contributed by atoms with Crippen LogP contribution < -0.4 is 16.0 Å². The molecule has 0 aromatic carbocycles. The second-order valence-corrected chi connectivity index (χ2v) is 10.6. The average molecular weight is 738 g/mol. The molecule has 19 nitrogen and oxygen atoms in total. The SMILES string of the molecule is CCN(C)C(=O)CN(C)C=O.CCN(C)C(=O)CN(C)C=O.CCNC(=O)CN(C)C=O.CCNC(=O)CN(C)C=O.CCNC(C)C.O=CO. The minimum Gasteiger partial charge on any atom is -0.483 e. The molecular formula is C32H67N9O10. The molecule has 0 rings (SSSR count). The molecule has 300 valence electrons. The first-order chi connectivity index (χ1) is 23.8. The lowest BCUT2D eigenvalue weighted by molar-refractivity contribution is -0.133. The van der Waals surface area contributed by atoms with Gasteiger partial charge < -0.3 is 50.5 Å². The van der Waals surface area contributed by atoms with Gasteiger partial charge in [-0.1, -0.05) is 20.8 Å². The van der Waals surface area contributed by atoms with Crippen LogP contribution in [-0.2, 0) is 43.2 Å². The van der Waals surface area contributed by atoms with E-state index in [4.69, 9.17) is 9.90 Å². The summed E-state index contributed by atoms with van der Waals surface area (Å²) in [6.45, 7) is 17.8. The van der Waals surface area contributed by atoms with Gasteiger partial charge >= 0.3 is 0 Å². The number of carbonyl (C=O) groups excluding carboxylic acids is 8. The van der Waals surface area contributed by atoms with Gasteiger partial charge in [-0.3, -0.25) is 43.2 Å². The van der Waals surface area contributed by atoms with E-state index >= 15 is 0 Å². The summed E-state index contributed by atoms with van der Waals surface area (Å²) in [5.74, 6) is -0.335. The van der Waals surface area contributed by atoms with Gasteiger partial charge in [0.25, 0.3) is 6.47 Å². The number of carbonyl (C=O) groups is 9. The highest BCUT2D eigenvalue weighted by atomic mass is 16.3. The molecule has 0 fully saturated rings. The summed E-state index contributed by atoms with van der Waals surface area (Å²) in [5, 5.41) is 15.2. The van der Waals surface area contributed by atoms with Crippen molar-refractivity contribution in [2.45, 2.75) is 54.5 Å². The molecule has 0 unspecified atom stereocenters. The second-order valence-electron chi connectivity index (χ2n) is 10.6. The Bertz CT molecular complexity index is 864. The maximum atomic E-state index is 11.1. The van der Waals surface area contributed by atoms with E-state index in [0.717, 1.165) is 6.54 Å². The summed E-state index contributed by atoms with van der Waals surface area (Å²) in [6.07, 6.45) is 2.52. The highest BCUT2D eigenvalue weighted by Crippen LogP contribution is 1.86. The van der Waals surface area contributed by atoms with E-state index in [-0.39, 0.29) is 56.3 Å². The van der Waals surface area contributed by atoms with Crippen molar-refractivity contribution in [3.63, 3.8) is 0 Å². The molecule has 8 amide bonds. The molecule has 0 bridgehead atoms. The minimum absolute atomic E-state index is 0.0397. The van der Waals surface area contributed by atoms with Crippen molar-refractivity contribution in [1.82, 2.24) is 45.3 Å². The van der Waals surface area contributed by atoms with Gasteiger partial charge in [0, 0.05) is 74.5 Å². The fourth-order valence-electron chi connectivity index (χ4n) is 2.54. The number of carboxylic acid groups (broad SMARTS) is 1. The lowest BCUT2D eigenvalue weighted by atomic mass is 10.4. The van der Waals surface area contributed by atoms with E-state index in [1.165, 1.54) is 19.6 Å². The molecule has 19 heteroatoms. The number of nitrogens with one attached hydrogen (secondary N) is 3. The Morgan fingerprint density at radius 2 is 0.784 bits per heavy atom. The van der Waals surface area contributed by atoms with E-state index in [0.29, 0.717) is 57.9 Å². The summed E-state index contributed by atoms with van der Waals surface area (Å²) < 4.78 is 0. The van der Waals surface area contributed by atoms with Crippen LogP contribution in [0.3, 0.4) is 0 Å². The molecule has 0 aliphatic carbocycles. The van der Waals surface area contributed by atoms with Crippen LogP contribution in [0.2, 0.25) is 0 Å². The molecule has 0 saturated carbocycles. The number of rotatable bonds is 18. The van der Waals surface area contributed by atoms with Gasteiger partial charge in [-0.15, -0.1) is 0 Å². The molecule has 0 aliphatic heterocycles. The minimum atomic E-state index is -0.250. The van der Waals surface area contributed by atoms with Crippen LogP contribution in [0.4, 0.5) is 0 Å². The molecule has 0 atom stereocenters. The topological polar surface area (TPSA) is 229 Å². The van der Waals surface area contributed by atoms with Crippen molar-refractivity contribution >= 4 is 55.7 Å². The van der Waals surface area contributed by atoms with Gasteiger partial charge in [-0.25, -0.2) is 0 Å². The first-order valence-electron chi connectivity index (χ1n) is 16.3. The highest BCUT2D eigenvalue weighted by Gasteiger charge is 2.08. The maximum absolute atomic E-state index is 11.1. The molecule has 51 heavy (non-hydrogen) atoms. The third-order valence-electron chi connectivity index (χ3n) is 5.44. The van der Waals surface area contributed by atoms with Gasteiger partial charge in [0.15, 0.2) is 0 Å². The van der Waals surface area contributed by atoms with Crippen LogP contribution >= 0.6 is 0 Å². The maximum Gasteiger partial charge on any atom is 0.290 e. The fraction of sp³-hybridized carbons (Fsp3) is 0.719. The van der Waals surface area contributed by atoms with Crippen LogP contribution in [0.25, 0.3) is 0 Å². The second kappa shape index (κ2) is 43.2. The number of likely N-dealkylation sites (N-methyl/N-ethyl adjacent to an activating group) is 8. The van der Waals surface area contributed by atoms with Gasteiger partial charge in [0.05, 0.1) is 26.2 Å². The van der Waals surface area contributed by atoms with Crippen molar-refractivity contribution in [2.24, 2.45) is 0 Å². The Balaban J connectivity index is -0.000000123. The normalized spacial score (nSPS) is 8.67. The lowest BCUT2D eigenvalue weighted by Crippen LogP contribution is -2.35. The summed E-state index contributed by atoms with van der Waals surface area (Å²) in [6, 6.07) is 0.648. The third-order valence-corrected chi connectivity index (χ3v) is 5.44. The third kappa shape index (κ3) is 52.2. The van der Waals surface area contributed by atoms with Gasteiger partial charge in [-0.2, -0.15) is 0 Å². The molecule has 0 radical (unpaired) electrons. The van der Waals surface area contributed by atoms with Gasteiger partial charge in [0.1, 0.15) is 0 Å². The zero-order chi connectivity index (χ0) is 41.4. The van der Waals surface area contributed by atoms with Crippen LogP contribution in [0.5, 0.6) is 0 Å². The van der Waals surface area contributed by atoms with Gasteiger partial charge in [0.2, 0.25) is 49.3 Å². The molecule has 0 aromatic rings. The zero-order valence-electron chi connectivity index (χ0n) is 33.1. The molecule has 0 heterocycles. The molecule has 4 N–H and O–H groups in total. The number of nitrogens with zero attached hydrogens (tertiary/aromatic N) is 6. The number of amides is 8. The van der Waals surface area contributed by atoms with Crippen molar-refractivity contribution < 1.29 is 48.3 Å². The Labute approximate surface area is 305 Å². The van der Waals surface area contributed by atoms with E-state index in [9.17, 15) is 38.4 Å². The Morgan fingerprint density at radius 1 is 0.529 bits per heavy atom. The monoisotopic (exact) mass is 738 g/mol. The van der Waals surface area contributed by atoms with Crippen molar-refractivity contribution in [3.05, 3.63) is 0 Å². The quantitative estimate of drug-likeness (QED) is 0.115. The molecule has 0 saturated heterocycles. The molecule has 0 aliphatic rings. The number of hydrogen-bond acceptors (Lipinski definition) is 10. The molecular weight excluding hydrogens is 670 g/mol. The zero-order valence-corrected chi connectivity index (χ0v) is 33.1. The number of hydrogen-bond donors (Lipinski definition) is 4. The summed E-state index contributed by atoms with van der Waals surface area (Å²) in [7, 11) is 9.69.